The first-order chi connectivity index (χ1) is 8.41. The smallest absolute Gasteiger partial charge is 0.258 e. The Balaban J connectivity index is 2.86. The van der Waals surface area contributed by atoms with E-state index in [0.717, 1.165) is 5.39 Å². The second-order valence-corrected chi connectivity index (χ2v) is 5.30. The van der Waals surface area contributed by atoms with E-state index in [4.69, 9.17) is 0 Å². The van der Waals surface area contributed by atoms with Gasteiger partial charge in [0.05, 0.1) is 5.39 Å². The maximum absolute atomic E-state index is 10.0. The predicted octanol–water partition coefficient (Wildman–Crippen LogP) is 3.24. The number of hydrogen-bond acceptors (Lipinski definition) is 2. The lowest BCUT2D eigenvalue weighted by atomic mass is 10.0. The molecule has 0 aliphatic heterocycles. The summed E-state index contributed by atoms with van der Waals surface area (Å²) >= 11 is 0. The molecule has 1 aromatic carbocycles. The number of rotatable bonds is 2. The Labute approximate surface area is 107 Å². The van der Waals surface area contributed by atoms with E-state index >= 15 is 0 Å². The number of hydrogen-bond donors (Lipinski definition) is 2. The molecular formula is C15H20NO2+. The Morgan fingerprint density at radius 3 is 2.28 bits per heavy atom. The molecule has 0 saturated carbocycles. The summed E-state index contributed by atoms with van der Waals surface area (Å²) in [6, 6.07) is 5.67. The van der Waals surface area contributed by atoms with Crippen LogP contribution in [0.25, 0.3) is 10.9 Å². The predicted molar refractivity (Wildman–Crippen MR) is 71.9 cm³/mol. The molecular weight excluding hydrogens is 226 g/mol. The van der Waals surface area contributed by atoms with Crippen LogP contribution in [0.5, 0.6) is 11.5 Å². The van der Waals surface area contributed by atoms with Crippen molar-refractivity contribution in [3.05, 3.63) is 30.0 Å². The molecule has 2 N–H and O–H groups in total. The van der Waals surface area contributed by atoms with Gasteiger partial charge in [0.2, 0.25) is 5.75 Å². The number of fused-ring (bicyclic) bond motifs is 1. The summed E-state index contributed by atoms with van der Waals surface area (Å²) in [5.41, 5.74) is 1.91. The molecule has 0 aliphatic rings. The summed E-state index contributed by atoms with van der Waals surface area (Å²) < 4.78 is 2.01. The number of nitrogens with zero attached hydrogens (tertiary/aromatic N) is 1. The van der Waals surface area contributed by atoms with Crippen molar-refractivity contribution in [3.63, 3.8) is 0 Å². The maximum Gasteiger partial charge on any atom is 0.258 e. The zero-order valence-electron chi connectivity index (χ0n) is 11.3. The van der Waals surface area contributed by atoms with Gasteiger partial charge in [-0.3, -0.25) is 0 Å². The molecule has 2 aromatic rings. The van der Waals surface area contributed by atoms with Crippen molar-refractivity contribution in [1.82, 2.24) is 0 Å². The van der Waals surface area contributed by atoms with Crippen molar-refractivity contribution in [3.8, 4) is 11.5 Å². The highest BCUT2D eigenvalue weighted by Gasteiger charge is 2.21. The van der Waals surface area contributed by atoms with E-state index < -0.39 is 0 Å². The van der Waals surface area contributed by atoms with Gasteiger partial charge in [0.15, 0.2) is 18.0 Å². The number of pyridine rings is 1. The molecule has 0 aliphatic carbocycles. The van der Waals surface area contributed by atoms with Crippen LogP contribution in [-0.4, -0.2) is 10.2 Å². The summed E-state index contributed by atoms with van der Waals surface area (Å²) in [4.78, 5) is 0. The fourth-order valence-electron chi connectivity index (χ4n) is 2.14. The lowest BCUT2D eigenvalue weighted by molar-refractivity contribution is -0.692. The van der Waals surface area contributed by atoms with Crippen molar-refractivity contribution >= 4 is 10.9 Å². The van der Waals surface area contributed by atoms with Gasteiger partial charge >= 0.3 is 0 Å². The highest BCUT2D eigenvalue weighted by atomic mass is 16.3. The molecule has 0 unspecified atom stereocenters. The van der Waals surface area contributed by atoms with Gasteiger partial charge < -0.3 is 10.2 Å². The molecule has 0 fully saturated rings. The molecule has 3 heteroatoms. The third kappa shape index (κ3) is 2.01. The fourth-order valence-corrected chi connectivity index (χ4v) is 2.14. The zero-order chi connectivity index (χ0) is 13.4. The third-order valence-corrected chi connectivity index (χ3v) is 3.25. The minimum Gasteiger partial charge on any atom is -0.504 e. The van der Waals surface area contributed by atoms with Crippen LogP contribution >= 0.6 is 0 Å². The van der Waals surface area contributed by atoms with E-state index in [1.54, 1.807) is 0 Å². The van der Waals surface area contributed by atoms with Crippen molar-refractivity contribution < 1.29 is 14.8 Å². The molecule has 0 spiro atoms. The van der Waals surface area contributed by atoms with Crippen LogP contribution < -0.4 is 4.57 Å². The van der Waals surface area contributed by atoms with Crippen molar-refractivity contribution in [2.45, 2.75) is 39.7 Å². The Kier molecular flexibility index (Phi) is 3.16. The van der Waals surface area contributed by atoms with Crippen LogP contribution in [0.3, 0.4) is 0 Å². The van der Waals surface area contributed by atoms with E-state index in [1.807, 2.05) is 10.6 Å². The Morgan fingerprint density at radius 1 is 1.06 bits per heavy atom. The normalized spacial score (nSPS) is 11.7. The van der Waals surface area contributed by atoms with Gasteiger partial charge in [0.1, 0.15) is 0 Å². The highest BCUT2D eigenvalue weighted by Crippen LogP contribution is 2.32. The fraction of sp³-hybridized carbons (Fsp3) is 0.400. The first-order valence-corrected chi connectivity index (χ1v) is 6.31. The Bertz CT molecular complexity index is 589. The van der Waals surface area contributed by atoms with Crippen molar-refractivity contribution in [2.75, 3.05) is 0 Å². The van der Waals surface area contributed by atoms with E-state index in [9.17, 15) is 10.2 Å². The molecule has 0 saturated heterocycles. The molecule has 1 aromatic heterocycles. The largest absolute Gasteiger partial charge is 0.504 e. The number of phenols is 2. The van der Waals surface area contributed by atoms with Crippen LogP contribution in [0, 0.1) is 0 Å². The topological polar surface area (TPSA) is 44.3 Å². The molecule has 96 valence electrons. The van der Waals surface area contributed by atoms with Crippen LogP contribution in [0.15, 0.2) is 24.4 Å². The van der Waals surface area contributed by atoms with Gasteiger partial charge in [-0.2, -0.15) is 4.57 Å². The minimum atomic E-state index is -0.0748. The molecule has 3 nitrogen and oxygen atoms in total. The Morgan fingerprint density at radius 2 is 1.72 bits per heavy atom. The van der Waals surface area contributed by atoms with Gasteiger partial charge in [0.25, 0.3) is 5.52 Å². The highest BCUT2D eigenvalue weighted by molar-refractivity contribution is 5.84. The number of phenolic OH excluding ortho intramolecular Hbond substituents is 2. The zero-order valence-corrected chi connectivity index (χ0v) is 11.3. The Hall–Kier alpha value is -1.77. The first kappa shape index (κ1) is 12.7. The summed E-state index contributed by atoms with van der Waals surface area (Å²) in [6.07, 6.45) is 2.05. The van der Waals surface area contributed by atoms with Gasteiger partial charge in [-0.15, -0.1) is 0 Å². The van der Waals surface area contributed by atoms with Crippen molar-refractivity contribution in [1.29, 1.82) is 0 Å². The summed E-state index contributed by atoms with van der Waals surface area (Å²) in [5, 5.41) is 20.6. The van der Waals surface area contributed by atoms with Gasteiger partial charge in [-0.25, -0.2) is 0 Å². The van der Waals surface area contributed by atoms with E-state index in [-0.39, 0.29) is 17.5 Å². The maximum atomic E-state index is 10.0. The average molecular weight is 246 g/mol. The van der Waals surface area contributed by atoms with Crippen LogP contribution in [-0.2, 0) is 0 Å². The van der Waals surface area contributed by atoms with Gasteiger partial charge in [-0.05, 0) is 38.0 Å². The quantitative estimate of drug-likeness (QED) is 0.631. The third-order valence-electron chi connectivity index (χ3n) is 3.25. The van der Waals surface area contributed by atoms with E-state index in [2.05, 4.69) is 40.0 Å². The van der Waals surface area contributed by atoms with E-state index in [1.165, 1.54) is 11.6 Å². The number of aromatic nitrogens is 1. The summed E-state index contributed by atoms with van der Waals surface area (Å²) in [6.45, 7) is 8.41. The number of aromatic hydroxyl groups is 2. The standard InChI is InChI=1S/C15H19NO2/c1-9(2)12-7-11-5-6-13(17)15(18)14(11)16(8-12)10(3)4/h5-10,18H,1-4H3/p+1. The summed E-state index contributed by atoms with van der Waals surface area (Å²) in [5.74, 6) is 0.307. The molecule has 0 radical (unpaired) electrons. The van der Waals surface area contributed by atoms with Crippen molar-refractivity contribution in [2.24, 2.45) is 0 Å². The molecule has 18 heavy (non-hydrogen) atoms. The minimum absolute atomic E-state index is 0.0449. The summed E-state index contributed by atoms with van der Waals surface area (Å²) in [7, 11) is 0. The first-order valence-electron chi connectivity index (χ1n) is 6.31. The number of benzene rings is 1. The molecule has 1 heterocycles. The van der Waals surface area contributed by atoms with Crippen LogP contribution in [0.2, 0.25) is 0 Å². The monoisotopic (exact) mass is 246 g/mol. The van der Waals surface area contributed by atoms with Crippen LogP contribution in [0.4, 0.5) is 0 Å². The molecule has 0 bridgehead atoms. The van der Waals surface area contributed by atoms with E-state index in [0.29, 0.717) is 11.4 Å². The second-order valence-electron chi connectivity index (χ2n) is 5.30. The molecule has 2 rings (SSSR count). The molecule has 0 amide bonds. The van der Waals surface area contributed by atoms with Gasteiger partial charge in [0, 0.05) is 5.56 Å². The van der Waals surface area contributed by atoms with Crippen LogP contribution in [0.1, 0.15) is 45.2 Å². The lowest BCUT2D eigenvalue weighted by Gasteiger charge is -2.11. The second kappa shape index (κ2) is 4.48. The SMILES string of the molecule is CC(C)c1cc2ccc(O)c(O)c2[n+](C(C)C)c1. The van der Waals surface area contributed by atoms with Gasteiger partial charge in [-0.1, -0.05) is 13.8 Å². The molecule has 0 atom stereocenters. The average Bonchev–Trinajstić information content (AvgIpc) is 2.32. The lowest BCUT2D eigenvalue weighted by Crippen LogP contribution is -2.37.